The van der Waals surface area contributed by atoms with Crippen molar-refractivity contribution in [3.63, 3.8) is 0 Å². The molecule has 0 aliphatic heterocycles. The molecule has 0 N–H and O–H groups in total. The number of aromatic nitrogens is 2. The van der Waals surface area contributed by atoms with Crippen LogP contribution in [0.5, 0.6) is 0 Å². The number of fused-ring (bicyclic) bond motifs is 9. The van der Waals surface area contributed by atoms with Gasteiger partial charge in [0.15, 0.2) is 0 Å². The number of benzene rings is 7. The first kappa shape index (κ1) is 24.8. The highest BCUT2D eigenvalue weighted by molar-refractivity contribution is 7.25. The lowest BCUT2D eigenvalue weighted by Crippen LogP contribution is -1.94. The molecule has 3 heterocycles. The van der Waals surface area contributed by atoms with Crippen LogP contribution < -0.4 is 0 Å². The molecule has 0 fully saturated rings. The van der Waals surface area contributed by atoms with Gasteiger partial charge in [-0.05, 0) is 71.8 Å². The predicted octanol–water partition coefficient (Wildman–Crippen LogP) is 11.9. The van der Waals surface area contributed by atoms with Crippen molar-refractivity contribution in [2.24, 2.45) is 0 Å². The van der Waals surface area contributed by atoms with Gasteiger partial charge in [-0.25, -0.2) is 0 Å². The van der Waals surface area contributed by atoms with Gasteiger partial charge in [0.2, 0.25) is 0 Å². The number of rotatable bonds is 3. The number of hydrogen-bond acceptors (Lipinski definition) is 1. The van der Waals surface area contributed by atoms with Crippen molar-refractivity contribution in [2.75, 3.05) is 0 Å². The molecule has 0 aliphatic rings. The molecule has 10 aromatic rings. The zero-order valence-electron chi connectivity index (χ0n) is 24.3. The molecule has 0 saturated heterocycles. The van der Waals surface area contributed by atoms with Crippen LogP contribution in [-0.4, -0.2) is 9.13 Å². The Hall–Kier alpha value is -5.64. The Morgan fingerprint density at radius 3 is 1.73 bits per heavy atom. The molecule has 2 nitrogen and oxygen atoms in total. The van der Waals surface area contributed by atoms with Crippen LogP contribution in [-0.2, 0) is 0 Å². The summed E-state index contributed by atoms with van der Waals surface area (Å²) in [5, 5.41) is 7.69. The molecule has 3 aromatic heterocycles. The molecule has 45 heavy (non-hydrogen) atoms. The first-order valence-electron chi connectivity index (χ1n) is 15.4. The minimum absolute atomic E-state index is 1.17. The zero-order valence-corrected chi connectivity index (χ0v) is 25.1. The second-order valence-electron chi connectivity index (χ2n) is 11.8. The Bertz CT molecular complexity index is 2740. The van der Waals surface area contributed by atoms with Gasteiger partial charge < -0.3 is 9.13 Å². The number of hydrogen-bond donors (Lipinski definition) is 0. The lowest BCUT2D eigenvalue weighted by Gasteiger charge is -2.09. The molecule has 0 saturated carbocycles. The molecule has 10 rings (SSSR count). The maximum atomic E-state index is 2.46. The van der Waals surface area contributed by atoms with Gasteiger partial charge >= 0.3 is 0 Å². The van der Waals surface area contributed by atoms with Crippen LogP contribution in [0.4, 0.5) is 0 Å². The second-order valence-corrected chi connectivity index (χ2v) is 12.9. The molecular formula is C42H26N2S. The second kappa shape index (κ2) is 9.43. The van der Waals surface area contributed by atoms with Gasteiger partial charge in [0.05, 0.1) is 22.1 Å². The normalized spacial score (nSPS) is 12.0. The average molecular weight is 591 g/mol. The molecule has 0 spiro atoms. The van der Waals surface area contributed by atoms with Gasteiger partial charge in [-0.3, -0.25) is 0 Å². The fourth-order valence-corrected chi connectivity index (χ4v) is 8.42. The molecule has 3 heteroatoms. The third-order valence-electron chi connectivity index (χ3n) is 9.30. The number of thiophene rings is 1. The van der Waals surface area contributed by atoms with Crippen molar-refractivity contribution in [3.8, 4) is 22.5 Å². The summed E-state index contributed by atoms with van der Waals surface area (Å²) in [5.74, 6) is 0. The highest BCUT2D eigenvalue weighted by Crippen LogP contribution is 2.42. The van der Waals surface area contributed by atoms with E-state index in [0.717, 1.165) is 0 Å². The topological polar surface area (TPSA) is 9.86 Å². The summed E-state index contributed by atoms with van der Waals surface area (Å²) in [6.07, 6.45) is 0. The Balaban J connectivity index is 1.32. The van der Waals surface area contributed by atoms with Crippen LogP contribution in [0.3, 0.4) is 0 Å². The van der Waals surface area contributed by atoms with E-state index >= 15 is 0 Å². The van der Waals surface area contributed by atoms with E-state index in [9.17, 15) is 0 Å². The van der Waals surface area contributed by atoms with Crippen molar-refractivity contribution in [1.29, 1.82) is 0 Å². The minimum Gasteiger partial charge on any atom is -0.309 e. The highest BCUT2D eigenvalue weighted by Gasteiger charge is 2.19. The standard InChI is InChI=1S/C42H26N2S/c1-3-11-27(12-4-1)28-19-22-38-34(23-28)36-26-39-35(25-40(36)43(38)29-13-5-2-6-14-29)31-15-7-9-17-37(31)44(39)30-20-21-33-32-16-8-10-18-41(32)45-42(33)24-30/h1-26H. The summed E-state index contributed by atoms with van der Waals surface area (Å²) in [4.78, 5) is 0. The smallest absolute Gasteiger partial charge is 0.0548 e. The quantitative estimate of drug-likeness (QED) is 0.194. The summed E-state index contributed by atoms with van der Waals surface area (Å²) in [6.45, 7) is 0. The SMILES string of the molecule is c1ccc(-c2ccc3c(c2)c2cc4c(cc2n3-c2ccccc2)c2ccccc2n4-c2ccc3c(c2)sc2ccccc23)cc1. The highest BCUT2D eigenvalue weighted by atomic mass is 32.1. The zero-order chi connectivity index (χ0) is 29.5. The van der Waals surface area contributed by atoms with Gasteiger partial charge in [-0.15, -0.1) is 11.3 Å². The Morgan fingerprint density at radius 2 is 0.911 bits per heavy atom. The predicted molar refractivity (Wildman–Crippen MR) is 193 cm³/mol. The summed E-state index contributed by atoms with van der Waals surface area (Å²) in [5.41, 5.74) is 9.70. The van der Waals surface area contributed by atoms with Gasteiger partial charge in [-0.1, -0.05) is 97.1 Å². The van der Waals surface area contributed by atoms with Gasteiger partial charge in [0.25, 0.3) is 0 Å². The van der Waals surface area contributed by atoms with Gasteiger partial charge in [0, 0.05) is 53.1 Å². The summed E-state index contributed by atoms with van der Waals surface area (Å²) < 4.78 is 7.53. The van der Waals surface area contributed by atoms with E-state index in [-0.39, 0.29) is 0 Å². The van der Waals surface area contributed by atoms with Crippen molar-refractivity contribution in [1.82, 2.24) is 9.13 Å². The minimum atomic E-state index is 1.17. The van der Waals surface area contributed by atoms with Crippen LogP contribution in [0.1, 0.15) is 0 Å². The molecule has 0 aliphatic carbocycles. The van der Waals surface area contributed by atoms with Gasteiger partial charge in [-0.2, -0.15) is 0 Å². The lowest BCUT2D eigenvalue weighted by atomic mass is 10.0. The van der Waals surface area contributed by atoms with E-state index in [2.05, 4.69) is 167 Å². The van der Waals surface area contributed by atoms with Crippen molar-refractivity contribution >= 4 is 75.1 Å². The Labute approximate surface area is 263 Å². The average Bonchev–Trinajstić information content (AvgIpc) is 3.74. The van der Waals surface area contributed by atoms with Crippen LogP contribution in [0.15, 0.2) is 158 Å². The number of nitrogens with zero attached hydrogens (tertiary/aromatic N) is 2. The van der Waals surface area contributed by atoms with Crippen LogP contribution in [0, 0.1) is 0 Å². The molecule has 0 amide bonds. The van der Waals surface area contributed by atoms with Crippen LogP contribution >= 0.6 is 11.3 Å². The van der Waals surface area contributed by atoms with Crippen molar-refractivity contribution in [3.05, 3.63) is 158 Å². The van der Waals surface area contributed by atoms with Crippen LogP contribution in [0.25, 0.3) is 86.3 Å². The lowest BCUT2D eigenvalue weighted by molar-refractivity contribution is 1.18. The third kappa shape index (κ3) is 3.62. The summed E-state index contributed by atoms with van der Waals surface area (Å²) in [7, 11) is 0. The molecule has 0 atom stereocenters. The van der Waals surface area contributed by atoms with E-state index in [0.29, 0.717) is 0 Å². The van der Waals surface area contributed by atoms with Crippen molar-refractivity contribution < 1.29 is 0 Å². The number of para-hydroxylation sites is 2. The third-order valence-corrected chi connectivity index (χ3v) is 10.4. The monoisotopic (exact) mass is 590 g/mol. The molecule has 0 bridgehead atoms. The largest absolute Gasteiger partial charge is 0.309 e. The van der Waals surface area contributed by atoms with Crippen molar-refractivity contribution in [2.45, 2.75) is 0 Å². The van der Waals surface area contributed by atoms with E-state index in [1.807, 2.05) is 11.3 Å². The van der Waals surface area contributed by atoms with E-state index in [1.54, 1.807) is 0 Å². The van der Waals surface area contributed by atoms with Gasteiger partial charge in [0.1, 0.15) is 0 Å². The van der Waals surface area contributed by atoms with Crippen LogP contribution in [0.2, 0.25) is 0 Å². The molecular weight excluding hydrogens is 565 g/mol. The van der Waals surface area contributed by atoms with E-state index < -0.39 is 0 Å². The molecule has 7 aromatic carbocycles. The molecule has 210 valence electrons. The van der Waals surface area contributed by atoms with E-state index in [1.165, 1.54) is 86.3 Å². The molecule has 0 unspecified atom stereocenters. The fourth-order valence-electron chi connectivity index (χ4n) is 7.28. The Kier molecular flexibility index (Phi) is 5.19. The van der Waals surface area contributed by atoms with E-state index in [4.69, 9.17) is 0 Å². The first-order chi connectivity index (χ1) is 22.3. The summed E-state index contributed by atoms with van der Waals surface area (Å²) in [6, 6.07) is 57.7. The molecule has 0 radical (unpaired) electrons. The first-order valence-corrected chi connectivity index (χ1v) is 16.2. The summed E-state index contributed by atoms with van der Waals surface area (Å²) >= 11 is 1.87. The fraction of sp³-hybridized carbons (Fsp3) is 0. The Morgan fingerprint density at radius 1 is 0.311 bits per heavy atom. The maximum absolute atomic E-state index is 2.46. The maximum Gasteiger partial charge on any atom is 0.0548 e.